The molecule has 1 heterocycles. The first-order valence-electron chi connectivity index (χ1n) is 2.26. The Morgan fingerprint density at radius 3 is 2.78 bits per heavy atom. The van der Waals surface area contributed by atoms with E-state index in [9.17, 15) is 0 Å². The van der Waals surface area contributed by atoms with Gasteiger partial charge in [0.15, 0.2) is 0 Å². The second-order valence-corrected chi connectivity index (χ2v) is 2.72. The smallest absolute Gasteiger partial charge is 0.117 e. The van der Waals surface area contributed by atoms with Crippen molar-refractivity contribution in [2.24, 2.45) is 0 Å². The molecule has 0 atom stereocenters. The van der Waals surface area contributed by atoms with E-state index < -0.39 is 0 Å². The lowest BCUT2D eigenvalue weighted by Gasteiger charge is -1.94. The number of halogens is 2. The molecule has 0 amide bonds. The molecule has 0 unspecified atom stereocenters. The zero-order valence-electron chi connectivity index (χ0n) is 4.44. The van der Waals surface area contributed by atoms with Gasteiger partial charge in [-0.15, -0.1) is 0 Å². The molecule has 1 aromatic rings. The van der Waals surface area contributed by atoms with Crippen LogP contribution >= 0.6 is 27.5 Å². The predicted molar refractivity (Wildman–Crippen MR) is 42.3 cm³/mol. The van der Waals surface area contributed by atoms with Gasteiger partial charge in [-0.25, -0.2) is 4.98 Å². The van der Waals surface area contributed by atoms with Gasteiger partial charge in [0.05, 0.1) is 9.63 Å². The van der Waals surface area contributed by atoms with Crippen LogP contribution < -0.4 is 5.46 Å². The first-order chi connectivity index (χ1) is 4.20. The molecule has 0 aliphatic rings. The van der Waals surface area contributed by atoms with Crippen molar-refractivity contribution in [3.63, 3.8) is 0 Å². The zero-order valence-corrected chi connectivity index (χ0v) is 6.78. The van der Waals surface area contributed by atoms with Gasteiger partial charge >= 0.3 is 0 Å². The Bertz CT molecular complexity index is 228. The van der Waals surface area contributed by atoms with E-state index in [1.807, 2.05) is 0 Å². The zero-order chi connectivity index (χ0) is 6.85. The minimum atomic E-state index is 0.552. The third-order valence-electron chi connectivity index (χ3n) is 0.833. The summed E-state index contributed by atoms with van der Waals surface area (Å²) in [4.78, 5) is 3.84. The number of hydrogen-bond donors (Lipinski definition) is 0. The van der Waals surface area contributed by atoms with E-state index in [0.29, 0.717) is 15.1 Å². The van der Waals surface area contributed by atoms with Gasteiger partial charge in [0, 0.05) is 6.20 Å². The van der Waals surface area contributed by atoms with Crippen molar-refractivity contribution in [3.05, 3.63) is 21.9 Å². The first-order valence-corrected chi connectivity index (χ1v) is 3.44. The summed E-state index contributed by atoms with van der Waals surface area (Å²) in [5.41, 5.74) is 0.558. The highest BCUT2D eigenvalue weighted by atomic mass is 79.9. The second-order valence-electron chi connectivity index (χ2n) is 1.53. The van der Waals surface area contributed by atoms with Gasteiger partial charge < -0.3 is 0 Å². The SMILES string of the molecule is [B]c1cc(Cl)cnc1Br. The van der Waals surface area contributed by atoms with Gasteiger partial charge in [-0.1, -0.05) is 17.1 Å². The Labute approximate surface area is 68.0 Å². The van der Waals surface area contributed by atoms with Crippen LogP contribution in [-0.2, 0) is 0 Å². The van der Waals surface area contributed by atoms with Crippen LogP contribution in [0.4, 0.5) is 0 Å². The molecule has 0 saturated heterocycles. The molecule has 4 heteroatoms. The quantitative estimate of drug-likeness (QED) is 0.456. The Morgan fingerprint density at radius 1 is 1.67 bits per heavy atom. The van der Waals surface area contributed by atoms with Crippen LogP contribution in [0.15, 0.2) is 16.9 Å². The number of aromatic nitrogens is 1. The molecular formula is C5H2BBrClN. The standard InChI is InChI=1S/C5H2BBrClN/c6-4-1-3(8)2-9-5(4)7/h1-2H. The summed E-state index contributed by atoms with van der Waals surface area (Å²) in [6, 6.07) is 1.64. The van der Waals surface area contributed by atoms with E-state index in [-0.39, 0.29) is 0 Å². The van der Waals surface area contributed by atoms with Crippen molar-refractivity contribution in [2.75, 3.05) is 0 Å². The van der Waals surface area contributed by atoms with E-state index in [4.69, 9.17) is 19.4 Å². The highest BCUT2D eigenvalue weighted by molar-refractivity contribution is 9.10. The monoisotopic (exact) mass is 201 g/mol. The minimum Gasteiger partial charge on any atom is -0.248 e. The average molecular weight is 202 g/mol. The van der Waals surface area contributed by atoms with Crippen molar-refractivity contribution >= 4 is 40.8 Å². The van der Waals surface area contributed by atoms with Crippen molar-refractivity contribution in [1.29, 1.82) is 0 Å². The lowest BCUT2D eigenvalue weighted by molar-refractivity contribution is 1.30. The molecule has 9 heavy (non-hydrogen) atoms. The molecule has 0 N–H and O–H groups in total. The van der Waals surface area contributed by atoms with Gasteiger partial charge in [-0.3, -0.25) is 0 Å². The van der Waals surface area contributed by atoms with Gasteiger partial charge in [-0.05, 0) is 22.0 Å². The highest BCUT2D eigenvalue weighted by Gasteiger charge is 1.93. The largest absolute Gasteiger partial charge is 0.248 e. The molecule has 0 aliphatic heterocycles. The lowest BCUT2D eigenvalue weighted by Crippen LogP contribution is -2.04. The summed E-state index contributed by atoms with van der Waals surface area (Å²) in [5, 5.41) is 0.552. The maximum Gasteiger partial charge on any atom is 0.117 e. The number of nitrogens with zero attached hydrogens (tertiary/aromatic N) is 1. The summed E-state index contributed by atoms with van der Waals surface area (Å²) in [5.74, 6) is 0. The van der Waals surface area contributed by atoms with Gasteiger partial charge in [0.25, 0.3) is 0 Å². The highest BCUT2D eigenvalue weighted by Crippen LogP contribution is 2.06. The van der Waals surface area contributed by atoms with E-state index in [1.165, 1.54) is 6.20 Å². The number of rotatable bonds is 0. The Kier molecular flexibility index (Phi) is 2.14. The molecule has 0 saturated carbocycles. The summed E-state index contributed by atoms with van der Waals surface area (Å²) in [6.07, 6.45) is 1.53. The minimum absolute atomic E-state index is 0.552. The Hall–Kier alpha value is -0.0151. The average Bonchev–Trinajstić information content (AvgIpc) is 1.80. The van der Waals surface area contributed by atoms with Crippen LogP contribution in [0.2, 0.25) is 5.02 Å². The third kappa shape index (κ3) is 1.70. The molecular weight excluding hydrogens is 200 g/mol. The maximum absolute atomic E-state index is 5.55. The molecule has 1 aromatic heterocycles. The number of pyridine rings is 1. The summed E-state index contributed by atoms with van der Waals surface area (Å²) < 4.78 is 0.631. The Balaban J connectivity index is 3.17. The van der Waals surface area contributed by atoms with Gasteiger partial charge in [0.1, 0.15) is 7.85 Å². The molecule has 2 radical (unpaired) electrons. The van der Waals surface area contributed by atoms with E-state index in [2.05, 4.69) is 20.9 Å². The lowest BCUT2D eigenvalue weighted by atomic mass is 9.99. The molecule has 0 bridgehead atoms. The topological polar surface area (TPSA) is 12.9 Å². The van der Waals surface area contributed by atoms with Crippen LogP contribution in [-0.4, -0.2) is 12.8 Å². The number of hydrogen-bond acceptors (Lipinski definition) is 1. The van der Waals surface area contributed by atoms with Crippen LogP contribution in [0.25, 0.3) is 0 Å². The van der Waals surface area contributed by atoms with Crippen LogP contribution in [0, 0.1) is 0 Å². The molecule has 0 aliphatic carbocycles. The van der Waals surface area contributed by atoms with Crippen LogP contribution in [0.5, 0.6) is 0 Å². The molecule has 1 nitrogen and oxygen atoms in total. The van der Waals surface area contributed by atoms with E-state index in [1.54, 1.807) is 6.07 Å². The van der Waals surface area contributed by atoms with Gasteiger partial charge in [0.2, 0.25) is 0 Å². The molecule has 0 spiro atoms. The molecule has 0 aromatic carbocycles. The Morgan fingerprint density at radius 2 is 2.33 bits per heavy atom. The fraction of sp³-hybridized carbons (Fsp3) is 0. The van der Waals surface area contributed by atoms with Crippen molar-refractivity contribution in [1.82, 2.24) is 4.98 Å². The van der Waals surface area contributed by atoms with E-state index >= 15 is 0 Å². The summed E-state index contributed by atoms with van der Waals surface area (Å²) in [7, 11) is 5.43. The normalized spacial score (nSPS) is 9.56. The first kappa shape index (κ1) is 7.10. The van der Waals surface area contributed by atoms with Crippen LogP contribution in [0.3, 0.4) is 0 Å². The molecule has 0 fully saturated rings. The maximum atomic E-state index is 5.55. The van der Waals surface area contributed by atoms with E-state index in [0.717, 1.165) is 0 Å². The fourth-order valence-corrected chi connectivity index (χ4v) is 0.821. The van der Waals surface area contributed by atoms with Crippen molar-refractivity contribution in [2.45, 2.75) is 0 Å². The molecule has 44 valence electrons. The van der Waals surface area contributed by atoms with Crippen molar-refractivity contribution < 1.29 is 0 Å². The van der Waals surface area contributed by atoms with Crippen LogP contribution in [0.1, 0.15) is 0 Å². The van der Waals surface area contributed by atoms with Gasteiger partial charge in [-0.2, -0.15) is 0 Å². The predicted octanol–water partition coefficient (Wildman–Crippen LogP) is 1.29. The summed E-state index contributed by atoms with van der Waals surface area (Å²) in [6.45, 7) is 0. The fourth-order valence-electron chi connectivity index (χ4n) is 0.438. The summed E-state index contributed by atoms with van der Waals surface area (Å²) >= 11 is 8.69. The molecule has 1 rings (SSSR count). The third-order valence-corrected chi connectivity index (χ3v) is 1.70. The second kappa shape index (κ2) is 2.71. The van der Waals surface area contributed by atoms with Crippen molar-refractivity contribution in [3.8, 4) is 0 Å².